The van der Waals surface area contributed by atoms with E-state index in [2.05, 4.69) is 5.32 Å². The van der Waals surface area contributed by atoms with E-state index in [1.807, 2.05) is 6.92 Å². The largest absolute Gasteiger partial charge is 0.388 e. The summed E-state index contributed by atoms with van der Waals surface area (Å²) >= 11 is 0. The summed E-state index contributed by atoms with van der Waals surface area (Å²) in [6.45, 7) is 2.86. The minimum absolute atomic E-state index is 0.248. The zero-order valence-corrected chi connectivity index (χ0v) is 5.61. The lowest BCUT2D eigenvalue weighted by Crippen LogP contribution is -2.09. The zero-order valence-electron chi connectivity index (χ0n) is 5.61. The van der Waals surface area contributed by atoms with E-state index in [-0.39, 0.29) is 5.78 Å². The van der Waals surface area contributed by atoms with Crippen LogP contribution in [-0.4, -0.2) is 12.3 Å². The molecule has 0 aliphatic carbocycles. The van der Waals surface area contributed by atoms with Crippen molar-refractivity contribution in [2.75, 3.05) is 6.54 Å². The maximum atomic E-state index is 10.8. The van der Waals surface area contributed by atoms with Crippen molar-refractivity contribution in [2.24, 2.45) is 0 Å². The van der Waals surface area contributed by atoms with Gasteiger partial charge in [0.2, 0.25) is 0 Å². The number of hydrogen-bond donors (Lipinski definition) is 1. The highest BCUT2D eigenvalue weighted by Gasteiger charge is 2.02. The molecule has 0 fully saturated rings. The van der Waals surface area contributed by atoms with Crippen LogP contribution in [0.15, 0.2) is 11.8 Å². The summed E-state index contributed by atoms with van der Waals surface area (Å²) in [5.74, 6) is 0.248. The summed E-state index contributed by atoms with van der Waals surface area (Å²) in [5.41, 5.74) is 0.998. The minimum atomic E-state index is 0.248. The molecule has 1 N–H and O–H groups in total. The van der Waals surface area contributed by atoms with E-state index < -0.39 is 0 Å². The van der Waals surface area contributed by atoms with E-state index >= 15 is 0 Å². The first kappa shape index (κ1) is 6.33. The molecule has 2 nitrogen and oxygen atoms in total. The van der Waals surface area contributed by atoms with Gasteiger partial charge in [-0.2, -0.15) is 0 Å². The van der Waals surface area contributed by atoms with Crippen LogP contribution in [0.25, 0.3) is 0 Å². The van der Waals surface area contributed by atoms with Gasteiger partial charge in [0, 0.05) is 18.7 Å². The number of nitrogens with one attached hydrogen (secondary N) is 1. The van der Waals surface area contributed by atoms with Gasteiger partial charge >= 0.3 is 0 Å². The average molecular weight is 125 g/mol. The summed E-state index contributed by atoms with van der Waals surface area (Å²) < 4.78 is 0. The standard InChI is InChI=1S/C7H11NO/c1-6-5-7(9)3-2-4-8-6/h5,8H,2-4H2,1H3. The second-order valence-electron chi connectivity index (χ2n) is 2.32. The molecule has 9 heavy (non-hydrogen) atoms. The smallest absolute Gasteiger partial charge is 0.157 e. The fraction of sp³-hybridized carbons (Fsp3) is 0.571. The molecular weight excluding hydrogens is 114 g/mol. The Morgan fingerprint density at radius 2 is 2.44 bits per heavy atom. The number of ketones is 1. The maximum absolute atomic E-state index is 10.8. The minimum Gasteiger partial charge on any atom is -0.388 e. The van der Waals surface area contributed by atoms with E-state index in [1.54, 1.807) is 6.08 Å². The van der Waals surface area contributed by atoms with Gasteiger partial charge < -0.3 is 5.32 Å². The topological polar surface area (TPSA) is 29.1 Å². The predicted octanol–water partition coefficient (Wildman–Crippen LogP) is 0.843. The molecule has 1 aliphatic heterocycles. The van der Waals surface area contributed by atoms with Crippen molar-refractivity contribution in [1.29, 1.82) is 0 Å². The SMILES string of the molecule is CC1=CC(=O)CCCN1. The van der Waals surface area contributed by atoms with Gasteiger partial charge in [0.1, 0.15) is 0 Å². The van der Waals surface area contributed by atoms with Gasteiger partial charge in [0.25, 0.3) is 0 Å². The van der Waals surface area contributed by atoms with Gasteiger partial charge in [-0.3, -0.25) is 4.79 Å². The first-order valence-electron chi connectivity index (χ1n) is 3.24. The number of hydrogen-bond acceptors (Lipinski definition) is 2. The molecule has 0 aromatic rings. The van der Waals surface area contributed by atoms with E-state index in [0.717, 1.165) is 18.7 Å². The molecule has 0 radical (unpaired) electrons. The summed E-state index contributed by atoms with van der Waals surface area (Å²) in [6.07, 6.45) is 3.34. The Morgan fingerprint density at radius 1 is 1.67 bits per heavy atom. The van der Waals surface area contributed by atoms with Crippen LogP contribution in [0.1, 0.15) is 19.8 Å². The maximum Gasteiger partial charge on any atom is 0.157 e. The van der Waals surface area contributed by atoms with E-state index in [9.17, 15) is 4.79 Å². The molecule has 0 bridgehead atoms. The van der Waals surface area contributed by atoms with E-state index in [1.165, 1.54) is 0 Å². The summed E-state index contributed by atoms with van der Waals surface area (Å²) in [6, 6.07) is 0. The predicted molar refractivity (Wildman–Crippen MR) is 36.0 cm³/mol. The molecule has 0 aromatic heterocycles. The molecule has 0 atom stereocenters. The lowest BCUT2D eigenvalue weighted by atomic mass is 10.2. The summed E-state index contributed by atoms with van der Waals surface area (Å²) in [4.78, 5) is 10.8. The van der Waals surface area contributed by atoms with Gasteiger partial charge in [0.05, 0.1) is 0 Å². The lowest BCUT2D eigenvalue weighted by Gasteiger charge is -1.98. The Hall–Kier alpha value is -0.790. The van der Waals surface area contributed by atoms with Crippen molar-refractivity contribution < 1.29 is 4.79 Å². The second-order valence-corrected chi connectivity index (χ2v) is 2.32. The van der Waals surface area contributed by atoms with Crippen LogP contribution in [0.2, 0.25) is 0 Å². The first-order valence-corrected chi connectivity index (χ1v) is 3.24. The molecule has 2 heteroatoms. The Balaban J connectivity index is 2.59. The van der Waals surface area contributed by atoms with Crippen LogP contribution in [0.4, 0.5) is 0 Å². The fourth-order valence-corrected chi connectivity index (χ4v) is 0.913. The highest BCUT2D eigenvalue weighted by atomic mass is 16.1. The van der Waals surface area contributed by atoms with Crippen LogP contribution in [0, 0.1) is 0 Å². The molecule has 0 saturated heterocycles. The zero-order chi connectivity index (χ0) is 6.69. The molecule has 1 aliphatic rings. The van der Waals surface area contributed by atoms with Gasteiger partial charge in [-0.25, -0.2) is 0 Å². The Labute approximate surface area is 54.9 Å². The molecule has 1 rings (SSSR count). The normalized spacial score (nSPS) is 20.1. The van der Waals surface area contributed by atoms with Crippen LogP contribution in [0.3, 0.4) is 0 Å². The molecular formula is C7H11NO. The molecule has 0 spiro atoms. The van der Waals surface area contributed by atoms with Crippen molar-refractivity contribution in [3.63, 3.8) is 0 Å². The van der Waals surface area contributed by atoms with Crippen molar-refractivity contribution in [3.8, 4) is 0 Å². The van der Waals surface area contributed by atoms with Crippen molar-refractivity contribution in [1.82, 2.24) is 5.32 Å². The van der Waals surface area contributed by atoms with Crippen molar-refractivity contribution in [2.45, 2.75) is 19.8 Å². The third-order valence-corrected chi connectivity index (χ3v) is 1.38. The number of carbonyl (C=O) groups excluding carboxylic acids is 1. The summed E-state index contributed by atoms with van der Waals surface area (Å²) in [7, 11) is 0. The average Bonchev–Trinajstić information content (AvgIpc) is 1.93. The van der Waals surface area contributed by atoms with E-state index in [0.29, 0.717) is 6.42 Å². The van der Waals surface area contributed by atoms with Gasteiger partial charge in [-0.1, -0.05) is 0 Å². The monoisotopic (exact) mass is 125 g/mol. The van der Waals surface area contributed by atoms with Crippen molar-refractivity contribution in [3.05, 3.63) is 11.8 Å². The lowest BCUT2D eigenvalue weighted by molar-refractivity contribution is -0.114. The molecule has 1 heterocycles. The molecule has 0 saturated carbocycles. The van der Waals surface area contributed by atoms with Crippen LogP contribution in [0.5, 0.6) is 0 Å². The number of carbonyl (C=O) groups is 1. The number of rotatable bonds is 0. The third kappa shape index (κ3) is 1.88. The van der Waals surface area contributed by atoms with Crippen molar-refractivity contribution >= 4 is 5.78 Å². The van der Waals surface area contributed by atoms with Gasteiger partial charge in [-0.15, -0.1) is 0 Å². The Bertz CT molecular complexity index is 149. The number of allylic oxidation sites excluding steroid dienone is 2. The Morgan fingerprint density at radius 3 is 3.22 bits per heavy atom. The molecule has 0 amide bonds. The fourth-order valence-electron chi connectivity index (χ4n) is 0.913. The molecule has 0 aromatic carbocycles. The van der Waals surface area contributed by atoms with Gasteiger partial charge in [0.15, 0.2) is 5.78 Å². The quantitative estimate of drug-likeness (QED) is 0.520. The highest BCUT2D eigenvalue weighted by molar-refractivity contribution is 5.90. The Kier molecular flexibility index (Phi) is 1.88. The molecule has 50 valence electrons. The van der Waals surface area contributed by atoms with E-state index in [4.69, 9.17) is 0 Å². The first-order chi connectivity index (χ1) is 4.29. The van der Waals surface area contributed by atoms with Gasteiger partial charge in [-0.05, 0) is 19.4 Å². The third-order valence-electron chi connectivity index (χ3n) is 1.38. The second kappa shape index (κ2) is 2.67. The van der Waals surface area contributed by atoms with Crippen LogP contribution in [-0.2, 0) is 4.79 Å². The molecule has 0 unspecified atom stereocenters. The van der Waals surface area contributed by atoms with Crippen LogP contribution >= 0.6 is 0 Å². The highest BCUT2D eigenvalue weighted by Crippen LogP contribution is 1.99. The van der Waals surface area contributed by atoms with Crippen LogP contribution < -0.4 is 5.32 Å². The summed E-state index contributed by atoms with van der Waals surface area (Å²) in [5, 5.41) is 3.12.